The first-order valence-electron chi connectivity index (χ1n) is 16.6. The van der Waals surface area contributed by atoms with Crippen LogP contribution in [0.3, 0.4) is 0 Å². The number of carbonyl (C=O) groups is 1. The van der Waals surface area contributed by atoms with Crippen molar-refractivity contribution in [3.05, 3.63) is 74.6 Å². The van der Waals surface area contributed by atoms with E-state index in [-0.39, 0.29) is 24.1 Å². The summed E-state index contributed by atoms with van der Waals surface area (Å²) in [5.74, 6) is 0.164. The zero-order chi connectivity index (χ0) is 37.5. The van der Waals surface area contributed by atoms with Crippen LogP contribution in [0, 0.1) is 6.92 Å². The number of unbranched alkanes of at least 4 members (excludes halogenated alkanes) is 9. The minimum absolute atomic E-state index is 0.164. The number of carbonyl (C=O) groups excluding carboxylic acids is 1. The Bertz CT molecular complexity index is 1710. The van der Waals surface area contributed by atoms with E-state index in [0.717, 1.165) is 37.4 Å². The molecule has 0 spiro atoms. The Labute approximate surface area is 296 Å². The minimum atomic E-state index is -5.54. The maximum Gasteiger partial charge on any atom is 0.513 e. The van der Waals surface area contributed by atoms with Crippen molar-refractivity contribution >= 4 is 29.4 Å². The van der Waals surface area contributed by atoms with E-state index in [9.17, 15) is 37.9 Å². The summed E-state index contributed by atoms with van der Waals surface area (Å²) in [5.41, 5.74) is -0.626. The molecule has 0 aliphatic carbocycles. The molecule has 0 saturated heterocycles. The molecule has 0 amide bonds. The van der Waals surface area contributed by atoms with Crippen LogP contribution in [0.25, 0.3) is 0 Å². The van der Waals surface area contributed by atoms with Crippen molar-refractivity contribution in [2.24, 2.45) is 0 Å². The number of aromatic nitrogens is 2. The van der Waals surface area contributed by atoms with Gasteiger partial charge in [0.25, 0.3) is 5.56 Å². The van der Waals surface area contributed by atoms with Gasteiger partial charge in [-0.05, 0) is 37.1 Å². The highest BCUT2D eigenvalue weighted by Crippen LogP contribution is 2.69. The molecule has 1 aliphatic rings. The van der Waals surface area contributed by atoms with Crippen molar-refractivity contribution in [1.82, 2.24) is 9.55 Å². The number of phosphoric acid groups is 2. The fourth-order valence-electron chi connectivity index (χ4n) is 4.90. The summed E-state index contributed by atoms with van der Waals surface area (Å²) in [6.45, 7) is 2.64. The van der Waals surface area contributed by atoms with Crippen molar-refractivity contribution in [1.29, 1.82) is 0 Å². The number of hydrogen-bond acceptors (Lipinski definition) is 13. The van der Waals surface area contributed by atoms with E-state index in [1.165, 1.54) is 75.2 Å². The highest BCUT2D eigenvalue weighted by atomic mass is 31.3. The summed E-state index contributed by atoms with van der Waals surface area (Å²) in [4.78, 5) is 57.9. The number of hydrogen-bond donors (Lipinski definition) is 3. The van der Waals surface area contributed by atoms with Crippen molar-refractivity contribution in [3.8, 4) is 5.75 Å². The molecule has 1 aromatic carbocycles. The standard InChI is InChI=1S/C31H47N2O15P3/c1-4-5-6-7-8-9-10-11-12-13-20-49(37,43-22-25-14-16-26(17-15-25)46-31(36)42-3)47-51(40,41)48-50(38,39)44-23-27-18-19-28(45-27)33-21-24(2)29(34)32-30(33)35/h14-19,21,27-28H,4-13,20,22-23H2,1-3H3,(H,38,39)(H,40,41)(H,32,34,35)/t27-,28+,49?/m0/s1. The van der Waals surface area contributed by atoms with Crippen LogP contribution in [-0.4, -0.2) is 51.5 Å². The first-order chi connectivity index (χ1) is 24.1. The molecule has 20 heteroatoms. The normalized spacial score (nSPS) is 19.2. The molecule has 5 atom stereocenters. The average Bonchev–Trinajstić information content (AvgIpc) is 3.54. The lowest BCUT2D eigenvalue weighted by Crippen LogP contribution is -2.33. The maximum absolute atomic E-state index is 13.8. The minimum Gasteiger partial charge on any atom is -0.437 e. The molecule has 286 valence electrons. The van der Waals surface area contributed by atoms with Crippen LogP contribution in [0.1, 0.15) is 88.5 Å². The fraction of sp³-hybridized carbons (Fsp3) is 0.581. The highest BCUT2D eigenvalue weighted by molar-refractivity contribution is 7.68. The number of ether oxygens (including phenoxy) is 3. The average molecular weight is 781 g/mol. The third kappa shape index (κ3) is 15.4. The Kier molecular flexibility index (Phi) is 17.2. The van der Waals surface area contributed by atoms with Crippen molar-refractivity contribution in [3.63, 3.8) is 0 Å². The lowest BCUT2D eigenvalue weighted by atomic mass is 10.1. The molecule has 0 fully saturated rings. The van der Waals surface area contributed by atoms with E-state index in [1.807, 2.05) is 0 Å². The number of methoxy groups -OCH3 is 1. The number of benzene rings is 1. The lowest BCUT2D eigenvalue weighted by Gasteiger charge is -2.23. The van der Waals surface area contributed by atoms with Gasteiger partial charge in [-0.2, -0.15) is 4.31 Å². The molecule has 0 radical (unpaired) electrons. The van der Waals surface area contributed by atoms with Gasteiger partial charge in [-0.25, -0.2) is 23.0 Å². The molecule has 1 aromatic heterocycles. The van der Waals surface area contributed by atoms with E-state index in [1.54, 1.807) is 0 Å². The molecule has 2 aromatic rings. The number of nitrogens with zero attached hydrogens (tertiary/aromatic N) is 1. The Morgan fingerprint density at radius 1 is 0.882 bits per heavy atom. The number of nitrogens with one attached hydrogen (secondary N) is 1. The van der Waals surface area contributed by atoms with Gasteiger partial charge in [0.1, 0.15) is 11.9 Å². The summed E-state index contributed by atoms with van der Waals surface area (Å²) in [7, 11) is -14.1. The van der Waals surface area contributed by atoms with E-state index in [0.29, 0.717) is 18.4 Å². The van der Waals surface area contributed by atoms with Gasteiger partial charge in [-0.15, -0.1) is 0 Å². The second-order valence-electron chi connectivity index (χ2n) is 11.8. The monoisotopic (exact) mass is 780 g/mol. The molecule has 1 aliphatic heterocycles. The van der Waals surface area contributed by atoms with Crippen LogP contribution < -0.4 is 16.0 Å². The third-order valence-electron chi connectivity index (χ3n) is 7.57. The number of rotatable bonds is 23. The SMILES string of the molecule is CCCCCCCCCCCCP(=O)(OCc1ccc(OC(=O)OC)cc1)OP(=O)(O)OP(=O)(O)OC[C@@H]1C=C[C@H](n2cc(C)c(=O)[nH]c2=O)O1. The molecular weight excluding hydrogens is 733 g/mol. The summed E-state index contributed by atoms with van der Waals surface area (Å²) < 4.78 is 75.1. The Hall–Kier alpha value is -2.68. The van der Waals surface area contributed by atoms with Gasteiger partial charge in [-0.1, -0.05) is 82.9 Å². The molecule has 3 unspecified atom stereocenters. The molecule has 3 N–H and O–H groups in total. The quantitative estimate of drug-likeness (QED) is 0.0338. The molecule has 2 heterocycles. The summed E-state index contributed by atoms with van der Waals surface area (Å²) in [5, 5.41) is 0. The van der Waals surface area contributed by atoms with E-state index >= 15 is 0 Å². The number of aromatic amines is 1. The second kappa shape index (κ2) is 20.5. The van der Waals surface area contributed by atoms with Gasteiger partial charge < -0.3 is 28.5 Å². The van der Waals surface area contributed by atoms with E-state index in [2.05, 4.69) is 21.0 Å². The van der Waals surface area contributed by atoms with Crippen LogP contribution in [0.15, 0.2) is 52.2 Å². The van der Waals surface area contributed by atoms with Crippen LogP contribution >= 0.6 is 23.2 Å². The van der Waals surface area contributed by atoms with Gasteiger partial charge in [-0.3, -0.25) is 23.4 Å². The van der Waals surface area contributed by atoms with E-state index < -0.39 is 59.6 Å². The van der Waals surface area contributed by atoms with Gasteiger partial charge in [0.05, 0.1) is 26.5 Å². The van der Waals surface area contributed by atoms with Gasteiger partial charge >= 0.3 is 35.1 Å². The van der Waals surface area contributed by atoms with Crippen LogP contribution in [0.4, 0.5) is 4.79 Å². The zero-order valence-electron chi connectivity index (χ0n) is 28.9. The molecule has 51 heavy (non-hydrogen) atoms. The summed E-state index contributed by atoms with van der Waals surface area (Å²) in [6, 6.07) is 5.84. The van der Waals surface area contributed by atoms with Crippen LogP contribution in [0.5, 0.6) is 5.75 Å². The van der Waals surface area contributed by atoms with Gasteiger partial charge in [0.15, 0.2) is 6.23 Å². The number of aryl methyl sites for hydroxylation is 1. The Morgan fingerprint density at radius 2 is 1.51 bits per heavy atom. The van der Waals surface area contributed by atoms with Crippen LogP contribution in [0.2, 0.25) is 0 Å². The smallest absolute Gasteiger partial charge is 0.437 e. The molecule has 0 bridgehead atoms. The first kappa shape index (κ1) is 42.7. The number of H-pyrrole nitrogens is 1. The lowest BCUT2D eigenvalue weighted by molar-refractivity contribution is -0.0104. The molecular formula is C31H47N2O15P3. The van der Waals surface area contributed by atoms with Crippen molar-refractivity contribution < 1.29 is 60.2 Å². The molecule has 17 nitrogen and oxygen atoms in total. The Morgan fingerprint density at radius 3 is 2.14 bits per heavy atom. The van der Waals surface area contributed by atoms with E-state index in [4.69, 9.17) is 22.8 Å². The van der Waals surface area contributed by atoms with Gasteiger partial charge in [0.2, 0.25) is 0 Å². The van der Waals surface area contributed by atoms with Crippen molar-refractivity contribution in [2.75, 3.05) is 19.9 Å². The maximum atomic E-state index is 13.8. The van der Waals surface area contributed by atoms with Crippen LogP contribution in [-0.2, 0) is 47.4 Å². The zero-order valence-corrected chi connectivity index (χ0v) is 31.6. The number of phosphoric ester groups is 1. The molecule has 0 saturated carbocycles. The van der Waals surface area contributed by atoms with Crippen molar-refractivity contribution in [2.45, 2.75) is 97.0 Å². The third-order valence-corrected chi connectivity index (χ3v) is 12.9. The molecule has 3 rings (SSSR count). The summed E-state index contributed by atoms with van der Waals surface area (Å²) >= 11 is 0. The summed E-state index contributed by atoms with van der Waals surface area (Å²) in [6.07, 6.45) is 10.6. The fourth-order valence-corrected chi connectivity index (χ4v) is 9.71. The predicted octanol–water partition coefficient (Wildman–Crippen LogP) is 7.03. The predicted molar refractivity (Wildman–Crippen MR) is 185 cm³/mol. The highest BCUT2D eigenvalue weighted by Gasteiger charge is 2.42. The Balaban J connectivity index is 1.57. The first-order valence-corrected chi connectivity index (χ1v) is 21.3. The topological polar surface area (TPSA) is 228 Å². The largest absolute Gasteiger partial charge is 0.513 e. The second-order valence-corrected chi connectivity index (χ2v) is 17.2. The van der Waals surface area contributed by atoms with Gasteiger partial charge in [0, 0.05) is 11.8 Å².